The average Bonchev–Trinajstić information content (AvgIpc) is 2.92. The van der Waals surface area contributed by atoms with E-state index in [0.717, 1.165) is 45.6 Å². The first kappa shape index (κ1) is 13.4. The lowest BCUT2D eigenvalue weighted by atomic mass is 9.97. The third-order valence-corrected chi connectivity index (χ3v) is 4.23. The smallest absolute Gasteiger partial charge is 0.289 e. The third kappa shape index (κ3) is 2.38. The highest BCUT2D eigenvalue weighted by Crippen LogP contribution is 2.25. The molecule has 5 heteroatoms. The summed E-state index contributed by atoms with van der Waals surface area (Å²) in [6.45, 7) is 6.41. The maximum Gasteiger partial charge on any atom is 0.289 e. The number of Topliss-reactive ketones (excluding diaryl/α,β-unsaturated/α-hetero) is 1. The molecule has 1 aliphatic carbocycles. The van der Waals surface area contributed by atoms with Gasteiger partial charge in [0.05, 0.1) is 5.56 Å². The molecular formula is C15H20N2O3. The van der Waals surface area contributed by atoms with Crippen LogP contribution in [-0.2, 0) is 6.42 Å². The molecule has 3 rings (SSSR count). The number of fused-ring (bicyclic) bond motifs is 1. The summed E-state index contributed by atoms with van der Waals surface area (Å²) in [6, 6.07) is 1.64. The summed E-state index contributed by atoms with van der Waals surface area (Å²) in [5.74, 6) is 1.04. The minimum atomic E-state index is -0.0806. The van der Waals surface area contributed by atoms with Crippen molar-refractivity contribution in [2.24, 2.45) is 0 Å². The van der Waals surface area contributed by atoms with Gasteiger partial charge in [-0.3, -0.25) is 9.59 Å². The van der Waals surface area contributed by atoms with Gasteiger partial charge in [-0.15, -0.1) is 0 Å². The molecule has 0 atom stereocenters. The molecule has 0 spiro atoms. The first-order chi connectivity index (χ1) is 9.69. The van der Waals surface area contributed by atoms with Gasteiger partial charge in [0.15, 0.2) is 11.5 Å². The summed E-state index contributed by atoms with van der Waals surface area (Å²) in [4.78, 5) is 28.3. The zero-order chi connectivity index (χ0) is 14.1. The largest absolute Gasteiger partial charge is 0.455 e. The van der Waals surface area contributed by atoms with E-state index in [1.165, 1.54) is 0 Å². The van der Waals surface area contributed by atoms with E-state index < -0.39 is 0 Å². The lowest BCUT2D eigenvalue weighted by Gasteiger charge is -2.33. The molecule has 5 nitrogen and oxygen atoms in total. The second-order valence-corrected chi connectivity index (χ2v) is 5.45. The third-order valence-electron chi connectivity index (χ3n) is 4.23. The van der Waals surface area contributed by atoms with Crippen molar-refractivity contribution in [2.75, 3.05) is 32.7 Å². The van der Waals surface area contributed by atoms with Crippen LogP contribution in [0.2, 0.25) is 0 Å². The minimum absolute atomic E-state index is 0.0806. The number of hydrogen-bond donors (Lipinski definition) is 0. The van der Waals surface area contributed by atoms with Crippen molar-refractivity contribution in [1.82, 2.24) is 9.80 Å². The van der Waals surface area contributed by atoms with Gasteiger partial charge in [-0.05, 0) is 13.0 Å². The molecule has 20 heavy (non-hydrogen) atoms. The van der Waals surface area contributed by atoms with Gasteiger partial charge in [0, 0.05) is 45.1 Å². The number of amides is 1. The Morgan fingerprint density at radius 3 is 2.65 bits per heavy atom. The van der Waals surface area contributed by atoms with E-state index in [2.05, 4.69) is 11.8 Å². The van der Waals surface area contributed by atoms with Crippen LogP contribution in [0.25, 0.3) is 0 Å². The fourth-order valence-corrected chi connectivity index (χ4v) is 2.92. The molecule has 1 aromatic heterocycles. The Labute approximate surface area is 118 Å². The van der Waals surface area contributed by atoms with Gasteiger partial charge in [-0.1, -0.05) is 6.92 Å². The summed E-state index contributed by atoms with van der Waals surface area (Å²) in [5.41, 5.74) is 0.617. The number of nitrogens with zero attached hydrogens (tertiary/aromatic N) is 2. The number of hydrogen-bond acceptors (Lipinski definition) is 4. The molecule has 108 valence electrons. The van der Waals surface area contributed by atoms with E-state index in [1.807, 2.05) is 4.90 Å². The van der Waals surface area contributed by atoms with Gasteiger partial charge < -0.3 is 14.2 Å². The summed E-state index contributed by atoms with van der Waals surface area (Å²) < 4.78 is 5.62. The predicted octanol–water partition coefficient (Wildman–Crippen LogP) is 1.58. The monoisotopic (exact) mass is 276 g/mol. The van der Waals surface area contributed by atoms with E-state index >= 15 is 0 Å². The lowest BCUT2D eigenvalue weighted by Crippen LogP contribution is -2.48. The topological polar surface area (TPSA) is 53.8 Å². The number of carbonyl (C=O) groups excluding carboxylic acids is 2. The zero-order valence-electron chi connectivity index (χ0n) is 11.9. The Morgan fingerprint density at radius 1 is 1.25 bits per heavy atom. The molecule has 1 aliphatic heterocycles. The standard InChI is InChI=1S/C15H20N2O3/c1-2-16-6-8-17(9-7-16)15(19)14-10-11-12(18)4-3-5-13(11)20-14/h10H,2-9H2,1H3. The molecule has 0 saturated carbocycles. The Bertz CT molecular complexity index is 527. The van der Waals surface area contributed by atoms with Crippen molar-refractivity contribution in [3.05, 3.63) is 23.2 Å². The molecule has 0 bridgehead atoms. The number of piperazine rings is 1. The number of likely N-dealkylation sites (N-methyl/N-ethyl adjacent to an activating group) is 1. The van der Waals surface area contributed by atoms with Crippen LogP contribution in [0.1, 0.15) is 46.4 Å². The average molecular weight is 276 g/mol. The van der Waals surface area contributed by atoms with E-state index in [4.69, 9.17) is 4.42 Å². The molecule has 1 aromatic rings. The zero-order valence-corrected chi connectivity index (χ0v) is 11.9. The number of carbonyl (C=O) groups is 2. The molecule has 0 N–H and O–H groups in total. The molecule has 0 radical (unpaired) electrons. The van der Waals surface area contributed by atoms with Gasteiger partial charge in [0.1, 0.15) is 5.76 Å². The normalized spacial score (nSPS) is 20.1. The molecule has 1 saturated heterocycles. The van der Waals surface area contributed by atoms with Gasteiger partial charge in [0.25, 0.3) is 5.91 Å². The molecule has 0 unspecified atom stereocenters. The highest BCUT2D eigenvalue weighted by Gasteiger charge is 2.28. The van der Waals surface area contributed by atoms with Crippen LogP contribution in [0, 0.1) is 0 Å². The van der Waals surface area contributed by atoms with Crippen molar-refractivity contribution >= 4 is 11.7 Å². The van der Waals surface area contributed by atoms with E-state index in [-0.39, 0.29) is 11.7 Å². The predicted molar refractivity (Wildman–Crippen MR) is 74.0 cm³/mol. The SMILES string of the molecule is CCN1CCN(C(=O)c2cc3c(o2)CCCC3=O)CC1. The fourth-order valence-electron chi connectivity index (χ4n) is 2.92. The van der Waals surface area contributed by atoms with Crippen LogP contribution in [-0.4, -0.2) is 54.2 Å². The highest BCUT2D eigenvalue weighted by molar-refractivity contribution is 6.01. The Hall–Kier alpha value is -1.62. The summed E-state index contributed by atoms with van der Waals surface area (Å²) in [5, 5.41) is 0. The second kappa shape index (κ2) is 5.40. The van der Waals surface area contributed by atoms with Crippen molar-refractivity contribution in [1.29, 1.82) is 0 Å². The second-order valence-electron chi connectivity index (χ2n) is 5.45. The van der Waals surface area contributed by atoms with Crippen LogP contribution in [0.15, 0.2) is 10.5 Å². The van der Waals surface area contributed by atoms with E-state index in [1.54, 1.807) is 6.07 Å². The van der Waals surface area contributed by atoms with E-state index in [0.29, 0.717) is 23.5 Å². The van der Waals surface area contributed by atoms with Crippen molar-refractivity contribution in [2.45, 2.75) is 26.2 Å². The fraction of sp³-hybridized carbons (Fsp3) is 0.600. The maximum atomic E-state index is 12.4. The minimum Gasteiger partial charge on any atom is -0.455 e. The van der Waals surface area contributed by atoms with Crippen LogP contribution >= 0.6 is 0 Å². The Morgan fingerprint density at radius 2 is 2.00 bits per heavy atom. The van der Waals surface area contributed by atoms with Crippen LogP contribution in [0.3, 0.4) is 0 Å². The van der Waals surface area contributed by atoms with Crippen LogP contribution in [0.4, 0.5) is 0 Å². The van der Waals surface area contributed by atoms with Gasteiger partial charge >= 0.3 is 0 Å². The maximum absolute atomic E-state index is 12.4. The first-order valence-electron chi connectivity index (χ1n) is 7.36. The van der Waals surface area contributed by atoms with Crippen LogP contribution < -0.4 is 0 Å². The number of aryl methyl sites for hydroxylation is 1. The van der Waals surface area contributed by atoms with Crippen molar-refractivity contribution in [3.63, 3.8) is 0 Å². The van der Waals surface area contributed by atoms with Gasteiger partial charge in [0.2, 0.25) is 0 Å². The molecule has 2 aliphatic rings. The number of furan rings is 1. The van der Waals surface area contributed by atoms with E-state index in [9.17, 15) is 9.59 Å². The van der Waals surface area contributed by atoms with Crippen molar-refractivity contribution < 1.29 is 14.0 Å². The number of ketones is 1. The summed E-state index contributed by atoms with van der Waals surface area (Å²) in [7, 11) is 0. The van der Waals surface area contributed by atoms with Crippen LogP contribution in [0.5, 0.6) is 0 Å². The number of rotatable bonds is 2. The van der Waals surface area contributed by atoms with Gasteiger partial charge in [-0.25, -0.2) is 0 Å². The molecular weight excluding hydrogens is 256 g/mol. The molecule has 2 heterocycles. The Balaban J connectivity index is 1.73. The summed E-state index contributed by atoms with van der Waals surface area (Å²) in [6.07, 6.45) is 2.15. The lowest BCUT2D eigenvalue weighted by molar-refractivity contribution is 0.0610. The quantitative estimate of drug-likeness (QED) is 0.823. The molecule has 0 aromatic carbocycles. The highest BCUT2D eigenvalue weighted by atomic mass is 16.4. The Kier molecular flexibility index (Phi) is 3.61. The molecule has 1 amide bonds. The van der Waals surface area contributed by atoms with Crippen molar-refractivity contribution in [3.8, 4) is 0 Å². The van der Waals surface area contributed by atoms with Gasteiger partial charge in [-0.2, -0.15) is 0 Å². The first-order valence-corrected chi connectivity index (χ1v) is 7.36. The summed E-state index contributed by atoms with van der Waals surface area (Å²) >= 11 is 0. The molecule has 1 fully saturated rings.